The fourth-order valence-corrected chi connectivity index (χ4v) is 4.93. The number of amides is 1. The van der Waals surface area contributed by atoms with Gasteiger partial charge in [0, 0.05) is 17.1 Å². The van der Waals surface area contributed by atoms with Gasteiger partial charge in [0.05, 0.1) is 23.7 Å². The van der Waals surface area contributed by atoms with Crippen LogP contribution in [-0.2, 0) is 21.5 Å². The second-order valence-corrected chi connectivity index (χ2v) is 9.72. The molecule has 2 aromatic heterocycles. The Hall–Kier alpha value is -3.53. The van der Waals surface area contributed by atoms with Crippen LogP contribution in [0.1, 0.15) is 81.2 Å². The lowest BCUT2D eigenvalue weighted by atomic mass is 9.80. The predicted octanol–water partition coefficient (Wildman–Crippen LogP) is 3.81. The number of nitrogens with zero attached hydrogens (tertiary/aromatic N) is 3. The average Bonchev–Trinajstić information content (AvgIpc) is 3.33. The first-order valence-corrected chi connectivity index (χ1v) is 12.5. The van der Waals surface area contributed by atoms with Crippen LogP contribution in [0, 0.1) is 6.92 Å². The third-order valence-corrected chi connectivity index (χ3v) is 7.10. The smallest absolute Gasteiger partial charge is 0.340 e. The molecule has 1 aliphatic carbocycles. The summed E-state index contributed by atoms with van der Waals surface area (Å²) in [6, 6.07) is 4.43. The lowest BCUT2D eigenvalue weighted by molar-refractivity contribution is -0.136. The zero-order valence-corrected chi connectivity index (χ0v) is 20.7. The van der Waals surface area contributed by atoms with Crippen LogP contribution in [0.15, 0.2) is 33.6 Å². The molecule has 4 N–H and O–H groups in total. The maximum atomic E-state index is 13.3. The van der Waals surface area contributed by atoms with Crippen LogP contribution in [0.2, 0.25) is 0 Å². The molecule has 1 aromatic carbocycles. The summed E-state index contributed by atoms with van der Waals surface area (Å²) in [5, 5.41) is 21.2. The van der Waals surface area contributed by atoms with Crippen molar-refractivity contribution in [2.75, 3.05) is 5.32 Å². The Balaban J connectivity index is 1.58. The van der Waals surface area contributed by atoms with E-state index in [0.717, 1.165) is 44.2 Å². The number of nitrogens with two attached hydrogens (primary N) is 1. The van der Waals surface area contributed by atoms with Crippen molar-refractivity contribution in [3.63, 3.8) is 0 Å². The molecule has 1 aliphatic rings. The first-order valence-electron chi connectivity index (χ1n) is 12.5. The van der Waals surface area contributed by atoms with Gasteiger partial charge in [0.1, 0.15) is 17.3 Å². The topological polar surface area (TPSA) is 153 Å². The van der Waals surface area contributed by atoms with Gasteiger partial charge < -0.3 is 20.6 Å². The average molecular weight is 496 g/mol. The number of unbranched alkanes of at least 4 members (excludes halogenated alkanes) is 1. The Kier molecular flexibility index (Phi) is 7.53. The van der Waals surface area contributed by atoms with Gasteiger partial charge in [-0.25, -0.2) is 9.48 Å². The van der Waals surface area contributed by atoms with E-state index >= 15 is 0 Å². The summed E-state index contributed by atoms with van der Waals surface area (Å²) in [4.78, 5) is 36.8. The molecule has 4 rings (SSSR count). The van der Waals surface area contributed by atoms with Crippen molar-refractivity contribution >= 4 is 28.5 Å². The number of anilines is 1. The molecule has 0 aliphatic heterocycles. The number of aliphatic carboxylic acids is 1. The summed E-state index contributed by atoms with van der Waals surface area (Å²) in [6.07, 6.45) is 8.72. The summed E-state index contributed by atoms with van der Waals surface area (Å²) in [5.41, 5.74) is 7.55. The molecule has 0 bridgehead atoms. The molecule has 1 amide bonds. The summed E-state index contributed by atoms with van der Waals surface area (Å²) >= 11 is 0. The van der Waals surface area contributed by atoms with Crippen molar-refractivity contribution < 1.29 is 19.1 Å². The van der Waals surface area contributed by atoms with Crippen LogP contribution in [0.3, 0.4) is 0 Å². The van der Waals surface area contributed by atoms with Gasteiger partial charge in [0.15, 0.2) is 0 Å². The lowest BCUT2D eigenvalue weighted by Crippen LogP contribution is -2.39. The fourth-order valence-electron chi connectivity index (χ4n) is 4.93. The number of carboxylic acid groups (broad SMARTS) is 1. The minimum atomic E-state index is -1.10. The minimum absolute atomic E-state index is 0.115. The van der Waals surface area contributed by atoms with E-state index in [2.05, 4.69) is 22.6 Å². The Labute approximate surface area is 208 Å². The van der Waals surface area contributed by atoms with Gasteiger partial charge in [-0.15, -0.1) is 5.10 Å². The standard InChI is InChI=1S/C26H33N5O5/c1-3-4-8-20(31-15-22(29-30-31)26(27)11-6-5-7-12-26)24(34)28-17-9-10-18-16(2)19(14-23(32)33)25(35)36-21(18)13-17/h9-10,13,15,20H,3-8,11-12,14,27H2,1-2H3,(H,28,34)(H,32,33)/t20-/m0/s1. The largest absolute Gasteiger partial charge is 0.481 e. The number of carboxylic acids is 1. The zero-order valence-electron chi connectivity index (χ0n) is 20.7. The van der Waals surface area contributed by atoms with Gasteiger partial charge in [0.25, 0.3) is 0 Å². The molecule has 3 aromatic rings. The molecular formula is C26H33N5O5. The number of hydrogen-bond donors (Lipinski definition) is 3. The predicted molar refractivity (Wildman–Crippen MR) is 135 cm³/mol. The second kappa shape index (κ2) is 10.6. The van der Waals surface area contributed by atoms with Crippen LogP contribution in [0.5, 0.6) is 0 Å². The van der Waals surface area contributed by atoms with E-state index in [1.54, 1.807) is 36.0 Å². The van der Waals surface area contributed by atoms with E-state index in [0.29, 0.717) is 23.1 Å². The fraction of sp³-hybridized carbons (Fsp3) is 0.500. The Morgan fingerprint density at radius 1 is 1.28 bits per heavy atom. The highest BCUT2D eigenvalue weighted by molar-refractivity contribution is 5.96. The molecule has 192 valence electrons. The third-order valence-electron chi connectivity index (χ3n) is 7.10. The number of carbonyl (C=O) groups is 2. The van der Waals surface area contributed by atoms with Gasteiger partial charge in [-0.2, -0.15) is 0 Å². The molecule has 10 heteroatoms. The molecule has 0 spiro atoms. The van der Waals surface area contributed by atoms with Crippen molar-refractivity contribution in [1.82, 2.24) is 15.0 Å². The molecule has 0 saturated heterocycles. The number of hydrogen-bond acceptors (Lipinski definition) is 7. The van der Waals surface area contributed by atoms with E-state index in [9.17, 15) is 14.4 Å². The normalized spacial score (nSPS) is 16.1. The molecule has 0 radical (unpaired) electrons. The zero-order chi connectivity index (χ0) is 25.9. The molecule has 10 nitrogen and oxygen atoms in total. The van der Waals surface area contributed by atoms with Crippen molar-refractivity contribution in [3.05, 3.63) is 51.6 Å². The van der Waals surface area contributed by atoms with Gasteiger partial charge in [0.2, 0.25) is 5.91 Å². The Morgan fingerprint density at radius 3 is 2.72 bits per heavy atom. The second-order valence-electron chi connectivity index (χ2n) is 9.72. The van der Waals surface area contributed by atoms with Crippen LogP contribution in [-0.4, -0.2) is 32.0 Å². The first-order chi connectivity index (χ1) is 17.2. The van der Waals surface area contributed by atoms with E-state index in [4.69, 9.17) is 15.3 Å². The van der Waals surface area contributed by atoms with E-state index in [-0.39, 0.29) is 17.1 Å². The summed E-state index contributed by atoms with van der Waals surface area (Å²) < 4.78 is 6.98. The highest BCUT2D eigenvalue weighted by Crippen LogP contribution is 2.34. The number of nitrogens with one attached hydrogen (secondary N) is 1. The minimum Gasteiger partial charge on any atom is -0.481 e. The van der Waals surface area contributed by atoms with Crippen LogP contribution in [0.4, 0.5) is 5.69 Å². The van der Waals surface area contributed by atoms with Crippen LogP contribution >= 0.6 is 0 Å². The molecule has 36 heavy (non-hydrogen) atoms. The monoisotopic (exact) mass is 495 g/mol. The van der Waals surface area contributed by atoms with Crippen molar-refractivity contribution in [2.45, 2.75) is 83.2 Å². The number of rotatable bonds is 9. The molecule has 1 fully saturated rings. The van der Waals surface area contributed by atoms with E-state index in [1.807, 2.05) is 0 Å². The molecule has 0 unspecified atom stereocenters. The maximum absolute atomic E-state index is 13.3. The summed E-state index contributed by atoms with van der Waals surface area (Å²) in [6.45, 7) is 3.75. The van der Waals surface area contributed by atoms with Gasteiger partial charge in [-0.3, -0.25) is 9.59 Å². The Bertz CT molecular complexity index is 1320. The van der Waals surface area contributed by atoms with Crippen molar-refractivity contribution in [1.29, 1.82) is 0 Å². The van der Waals surface area contributed by atoms with E-state index < -0.39 is 29.6 Å². The molecule has 2 heterocycles. The molecular weight excluding hydrogens is 462 g/mol. The Morgan fingerprint density at radius 2 is 2.03 bits per heavy atom. The van der Waals surface area contributed by atoms with E-state index in [1.165, 1.54) is 6.42 Å². The highest BCUT2D eigenvalue weighted by Gasteiger charge is 2.33. The van der Waals surface area contributed by atoms with Crippen LogP contribution in [0.25, 0.3) is 11.0 Å². The summed E-state index contributed by atoms with van der Waals surface area (Å²) in [7, 11) is 0. The van der Waals surface area contributed by atoms with Crippen LogP contribution < -0.4 is 16.7 Å². The van der Waals surface area contributed by atoms with Crippen molar-refractivity contribution in [2.24, 2.45) is 5.73 Å². The molecule has 1 saturated carbocycles. The molecule has 1 atom stereocenters. The number of carbonyl (C=O) groups excluding carboxylic acids is 1. The quantitative estimate of drug-likeness (QED) is 0.379. The number of aryl methyl sites for hydroxylation is 1. The first kappa shape index (κ1) is 25.6. The van der Waals surface area contributed by atoms with Gasteiger partial charge in [-0.05, 0) is 43.9 Å². The third kappa shape index (κ3) is 5.33. The maximum Gasteiger partial charge on any atom is 0.340 e. The summed E-state index contributed by atoms with van der Waals surface area (Å²) in [5.74, 6) is -1.36. The van der Waals surface area contributed by atoms with Gasteiger partial charge in [-0.1, -0.05) is 44.2 Å². The number of aromatic nitrogens is 3. The number of benzene rings is 1. The number of fused-ring (bicyclic) bond motifs is 1. The van der Waals surface area contributed by atoms with Gasteiger partial charge >= 0.3 is 11.6 Å². The highest BCUT2D eigenvalue weighted by atomic mass is 16.4. The lowest BCUT2D eigenvalue weighted by Gasteiger charge is -2.31. The van der Waals surface area contributed by atoms with Crippen molar-refractivity contribution in [3.8, 4) is 0 Å². The SMILES string of the molecule is CCCC[C@@H](C(=O)Nc1ccc2c(C)c(CC(=O)O)c(=O)oc2c1)n1cc(C2(N)CCCCC2)nn1.